The van der Waals surface area contributed by atoms with Crippen LogP contribution in [0.5, 0.6) is 5.75 Å². The SMILES string of the molecule is C#CCOc1ccc(NCCN)cc1. The Morgan fingerprint density at radius 2 is 2.07 bits per heavy atom. The maximum absolute atomic E-state index is 5.36. The molecular formula is C11H14N2O. The number of ether oxygens (including phenoxy) is 1. The van der Waals surface area contributed by atoms with Gasteiger partial charge in [0.25, 0.3) is 0 Å². The monoisotopic (exact) mass is 190 g/mol. The third-order valence-electron chi connectivity index (χ3n) is 1.65. The van der Waals surface area contributed by atoms with E-state index in [2.05, 4.69) is 11.2 Å². The van der Waals surface area contributed by atoms with Gasteiger partial charge in [0.15, 0.2) is 0 Å². The third kappa shape index (κ3) is 3.38. The van der Waals surface area contributed by atoms with Crippen molar-refractivity contribution in [3.8, 4) is 18.1 Å². The zero-order chi connectivity index (χ0) is 10.2. The zero-order valence-corrected chi connectivity index (χ0v) is 7.99. The van der Waals surface area contributed by atoms with Crippen molar-refractivity contribution in [1.29, 1.82) is 0 Å². The van der Waals surface area contributed by atoms with Crippen molar-refractivity contribution < 1.29 is 4.74 Å². The number of hydrogen-bond donors (Lipinski definition) is 2. The summed E-state index contributed by atoms with van der Waals surface area (Å²) in [5.41, 5.74) is 6.39. The first kappa shape index (κ1) is 10.4. The summed E-state index contributed by atoms with van der Waals surface area (Å²) < 4.78 is 5.23. The molecule has 0 fully saturated rings. The van der Waals surface area contributed by atoms with Crippen LogP contribution in [0.3, 0.4) is 0 Å². The Labute approximate surface area is 84.3 Å². The van der Waals surface area contributed by atoms with E-state index in [1.54, 1.807) is 0 Å². The molecule has 0 bridgehead atoms. The fraction of sp³-hybridized carbons (Fsp3) is 0.273. The lowest BCUT2D eigenvalue weighted by Crippen LogP contribution is -2.12. The van der Waals surface area contributed by atoms with Crippen LogP contribution in [0.15, 0.2) is 24.3 Å². The molecule has 0 amide bonds. The summed E-state index contributed by atoms with van der Waals surface area (Å²) in [5.74, 6) is 3.19. The highest BCUT2D eigenvalue weighted by Crippen LogP contribution is 2.14. The number of rotatable bonds is 5. The summed E-state index contributed by atoms with van der Waals surface area (Å²) in [6, 6.07) is 7.61. The fourth-order valence-corrected chi connectivity index (χ4v) is 1.01. The van der Waals surface area contributed by atoms with Crippen molar-refractivity contribution in [1.82, 2.24) is 0 Å². The van der Waals surface area contributed by atoms with Gasteiger partial charge >= 0.3 is 0 Å². The first-order chi connectivity index (χ1) is 6.86. The van der Waals surface area contributed by atoms with E-state index in [0.29, 0.717) is 13.2 Å². The minimum Gasteiger partial charge on any atom is -0.481 e. The van der Waals surface area contributed by atoms with E-state index in [9.17, 15) is 0 Å². The standard InChI is InChI=1S/C11H14N2O/c1-2-9-14-11-5-3-10(4-6-11)13-8-7-12/h1,3-6,13H,7-9,12H2. The Morgan fingerprint density at radius 1 is 1.36 bits per heavy atom. The van der Waals surface area contributed by atoms with Gasteiger partial charge in [-0.3, -0.25) is 0 Å². The normalized spacial score (nSPS) is 9.14. The minimum atomic E-state index is 0.301. The lowest BCUT2D eigenvalue weighted by Gasteiger charge is -2.06. The smallest absolute Gasteiger partial charge is 0.148 e. The summed E-state index contributed by atoms with van der Waals surface area (Å²) in [7, 11) is 0. The van der Waals surface area contributed by atoms with E-state index in [1.165, 1.54) is 0 Å². The molecule has 1 rings (SSSR count). The van der Waals surface area contributed by atoms with E-state index in [-0.39, 0.29) is 0 Å². The summed E-state index contributed by atoms with van der Waals surface area (Å²) in [5, 5.41) is 3.16. The summed E-state index contributed by atoms with van der Waals surface area (Å²) in [6.07, 6.45) is 5.07. The molecule has 0 unspecified atom stereocenters. The quantitative estimate of drug-likeness (QED) is 0.683. The van der Waals surface area contributed by atoms with Crippen molar-refractivity contribution in [3.63, 3.8) is 0 Å². The van der Waals surface area contributed by atoms with Crippen molar-refractivity contribution in [2.75, 3.05) is 25.0 Å². The molecule has 3 nitrogen and oxygen atoms in total. The predicted octanol–water partition coefficient (Wildman–Crippen LogP) is 1.07. The van der Waals surface area contributed by atoms with Gasteiger partial charge in [-0.05, 0) is 24.3 Å². The van der Waals surface area contributed by atoms with Gasteiger partial charge in [0.1, 0.15) is 12.4 Å². The maximum atomic E-state index is 5.36. The molecule has 1 aromatic rings. The van der Waals surface area contributed by atoms with Crippen LogP contribution in [0.1, 0.15) is 0 Å². The molecule has 0 atom stereocenters. The molecule has 0 aromatic heterocycles. The Hall–Kier alpha value is -1.66. The van der Waals surface area contributed by atoms with Crippen molar-refractivity contribution in [2.24, 2.45) is 5.73 Å². The van der Waals surface area contributed by atoms with Gasteiger partial charge in [0.05, 0.1) is 0 Å². The first-order valence-corrected chi connectivity index (χ1v) is 4.47. The Kier molecular flexibility index (Phi) is 4.39. The first-order valence-electron chi connectivity index (χ1n) is 4.47. The lowest BCUT2D eigenvalue weighted by molar-refractivity contribution is 0.370. The molecule has 1 aromatic carbocycles. The molecule has 0 radical (unpaired) electrons. The van der Waals surface area contributed by atoms with E-state index in [1.807, 2.05) is 24.3 Å². The zero-order valence-electron chi connectivity index (χ0n) is 7.99. The number of anilines is 1. The van der Waals surface area contributed by atoms with Crippen molar-refractivity contribution in [3.05, 3.63) is 24.3 Å². The summed E-state index contributed by atoms with van der Waals surface area (Å²) in [6.45, 7) is 1.69. The van der Waals surface area contributed by atoms with E-state index < -0.39 is 0 Å². The molecule has 0 heterocycles. The number of nitrogens with two attached hydrogens (primary N) is 1. The molecule has 3 heteroatoms. The Morgan fingerprint density at radius 3 is 2.64 bits per heavy atom. The van der Waals surface area contributed by atoms with Gasteiger partial charge in [-0.15, -0.1) is 6.42 Å². The van der Waals surface area contributed by atoms with Gasteiger partial charge < -0.3 is 15.8 Å². The lowest BCUT2D eigenvalue weighted by atomic mass is 10.3. The molecule has 74 valence electrons. The number of hydrogen-bond acceptors (Lipinski definition) is 3. The van der Waals surface area contributed by atoms with Gasteiger partial charge in [-0.1, -0.05) is 5.92 Å². The molecule has 14 heavy (non-hydrogen) atoms. The van der Waals surface area contributed by atoms with Gasteiger partial charge in [-0.2, -0.15) is 0 Å². The highest BCUT2D eigenvalue weighted by atomic mass is 16.5. The molecule has 0 saturated carbocycles. The third-order valence-corrected chi connectivity index (χ3v) is 1.65. The van der Waals surface area contributed by atoms with Crippen LogP contribution in [0.4, 0.5) is 5.69 Å². The average molecular weight is 190 g/mol. The van der Waals surface area contributed by atoms with Gasteiger partial charge in [0, 0.05) is 18.8 Å². The fourth-order valence-electron chi connectivity index (χ4n) is 1.01. The second-order valence-electron chi connectivity index (χ2n) is 2.73. The number of nitrogens with one attached hydrogen (secondary N) is 1. The molecule has 0 spiro atoms. The molecule has 0 aliphatic rings. The van der Waals surface area contributed by atoms with Crippen molar-refractivity contribution >= 4 is 5.69 Å². The average Bonchev–Trinajstić information content (AvgIpc) is 2.25. The van der Waals surface area contributed by atoms with Crippen LogP contribution < -0.4 is 15.8 Å². The van der Waals surface area contributed by atoms with Gasteiger partial charge in [-0.25, -0.2) is 0 Å². The summed E-state index contributed by atoms with van der Waals surface area (Å²) in [4.78, 5) is 0. The van der Waals surface area contributed by atoms with E-state index >= 15 is 0 Å². The maximum Gasteiger partial charge on any atom is 0.148 e. The molecule has 3 N–H and O–H groups in total. The van der Waals surface area contributed by atoms with Crippen LogP contribution in [-0.4, -0.2) is 19.7 Å². The van der Waals surface area contributed by atoms with E-state index in [4.69, 9.17) is 16.9 Å². The number of benzene rings is 1. The Balaban J connectivity index is 2.47. The second kappa shape index (κ2) is 5.90. The van der Waals surface area contributed by atoms with Crippen LogP contribution in [0, 0.1) is 12.3 Å². The highest BCUT2D eigenvalue weighted by molar-refractivity contribution is 5.46. The topological polar surface area (TPSA) is 47.3 Å². The molecule has 0 saturated heterocycles. The van der Waals surface area contributed by atoms with Crippen LogP contribution in [0.25, 0.3) is 0 Å². The predicted molar refractivity (Wildman–Crippen MR) is 58.3 cm³/mol. The van der Waals surface area contributed by atoms with Crippen molar-refractivity contribution in [2.45, 2.75) is 0 Å². The van der Waals surface area contributed by atoms with Crippen LogP contribution in [0.2, 0.25) is 0 Å². The molecular weight excluding hydrogens is 176 g/mol. The Bertz CT molecular complexity index is 300. The largest absolute Gasteiger partial charge is 0.481 e. The number of terminal acetylenes is 1. The minimum absolute atomic E-state index is 0.301. The molecule has 0 aliphatic heterocycles. The molecule has 0 aliphatic carbocycles. The second-order valence-corrected chi connectivity index (χ2v) is 2.73. The highest BCUT2D eigenvalue weighted by Gasteiger charge is 1.93. The van der Waals surface area contributed by atoms with Gasteiger partial charge in [0.2, 0.25) is 0 Å². The van der Waals surface area contributed by atoms with E-state index in [0.717, 1.165) is 18.0 Å². The van der Waals surface area contributed by atoms with Crippen LogP contribution in [-0.2, 0) is 0 Å². The summed E-state index contributed by atoms with van der Waals surface area (Å²) >= 11 is 0. The van der Waals surface area contributed by atoms with Crippen LogP contribution >= 0.6 is 0 Å².